The molecule has 1 amide bonds. The fraction of sp³-hybridized carbons (Fsp3) is 0.259. The molecule has 0 fully saturated rings. The second kappa shape index (κ2) is 10.3. The lowest BCUT2D eigenvalue weighted by Crippen LogP contribution is -2.25. The summed E-state index contributed by atoms with van der Waals surface area (Å²) in [5, 5.41) is 7.58. The van der Waals surface area contributed by atoms with Gasteiger partial charge in [0.25, 0.3) is 5.95 Å². The van der Waals surface area contributed by atoms with Gasteiger partial charge in [0.2, 0.25) is 5.91 Å². The molecule has 0 radical (unpaired) electrons. The van der Waals surface area contributed by atoms with Crippen LogP contribution in [0.2, 0.25) is 0 Å². The van der Waals surface area contributed by atoms with Gasteiger partial charge in [-0.2, -0.15) is 5.10 Å². The molecule has 1 N–H and O–H groups in total. The number of rotatable bonds is 8. The van der Waals surface area contributed by atoms with Crippen LogP contribution in [-0.2, 0) is 24.4 Å². The number of ether oxygens (including phenoxy) is 1. The molecule has 0 aliphatic carbocycles. The van der Waals surface area contributed by atoms with E-state index in [1.807, 2.05) is 88.4 Å². The second-order valence-electron chi connectivity index (χ2n) is 8.38. The summed E-state index contributed by atoms with van der Waals surface area (Å²) >= 11 is 0. The highest BCUT2D eigenvalue weighted by Gasteiger charge is 2.17. The molecule has 0 saturated heterocycles. The van der Waals surface area contributed by atoms with E-state index < -0.39 is 0 Å². The fourth-order valence-corrected chi connectivity index (χ4v) is 3.80. The highest BCUT2D eigenvalue weighted by molar-refractivity contribution is 5.79. The van der Waals surface area contributed by atoms with E-state index in [2.05, 4.69) is 20.4 Å². The Bertz CT molecular complexity index is 1260. The number of amides is 1. The quantitative estimate of drug-likeness (QED) is 0.428. The van der Waals surface area contributed by atoms with E-state index >= 15 is 0 Å². The summed E-state index contributed by atoms with van der Waals surface area (Å²) in [6.07, 6.45) is 0.251. The van der Waals surface area contributed by atoms with Crippen LogP contribution in [-0.4, -0.2) is 25.7 Å². The molecule has 7 nitrogen and oxygen atoms in total. The van der Waals surface area contributed by atoms with Gasteiger partial charge in [-0.15, -0.1) is 0 Å². The van der Waals surface area contributed by atoms with Gasteiger partial charge in [-0.3, -0.25) is 4.79 Å². The van der Waals surface area contributed by atoms with Crippen LogP contribution >= 0.6 is 0 Å². The van der Waals surface area contributed by atoms with E-state index in [4.69, 9.17) is 4.74 Å². The summed E-state index contributed by atoms with van der Waals surface area (Å²) in [6, 6.07) is 19.7. The fourth-order valence-electron chi connectivity index (χ4n) is 3.80. The Balaban J connectivity index is 1.34. The predicted octanol–water partition coefficient (Wildman–Crippen LogP) is 4.33. The van der Waals surface area contributed by atoms with E-state index in [0.717, 1.165) is 45.2 Å². The van der Waals surface area contributed by atoms with E-state index in [-0.39, 0.29) is 12.3 Å². The molecule has 4 aromatic rings. The van der Waals surface area contributed by atoms with Gasteiger partial charge < -0.3 is 10.1 Å². The van der Waals surface area contributed by atoms with Gasteiger partial charge in [0.15, 0.2) is 0 Å². The van der Waals surface area contributed by atoms with Crippen LogP contribution in [0, 0.1) is 27.7 Å². The average Bonchev–Trinajstić information content (AvgIpc) is 3.10. The summed E-state index contributed by atoms with van der Waals surface area (Å²) in [6.45, 7) is 8.68. The van der Waals surface area contributed by atoms with Crippen molar-refractivity contribution in [2.24, 2.45) is 0 Å². The van der Waals surface area contributed by atoms with Crippen LogP contribution in [0.25, 0.3) is 5.95 Å². The number of aryl methyl sites for hydroxylation is 3. The van der Waals surface area contributed by atoms with Crippen LogP contribution in [0.3, 0.4) is 0 Å². The number of benzene rings is 2. The Morgan fingerprint density at radius 1 is 0.912 bits per heavy atom. The Morgan fingerprint density at radius 2 is 1.59 bits per heavy atom. The minimum absolute atomic E-state index is 0.0588. The smallest absolute Gasteiger partial charge is 0.251 e. The van der Waals surface area contributed by atoms with Gasteiger partial charge >= 0.3 is 0 Å². The number of nitrogens with zero attached hydrogens (tertiary/aromatic N) is 4. The van der Waals surface area contributed by atoms with Gasteiger partial charge in [-0.25, -0.2) is 14.6 Å². The van der Waals surface area contributed by atoms with Gasteiger partial charge in [0.05, 0.1) is 12.1 Å². The van der Waals surface area contributed by atoms with Crippen molar-refractivity contribution in [2.45, 2.75) is 47.3 Å². The van der Waals surface area contributed by atoms with Gasteiger partial charge in [0, 0.05) is 29.2 Å². The first kappa shape index (κ1) is 23.2. The third kappa shape index (κ3) is 5.67. The van der Waals surface area contributed by atoms with Crippen LogP contribution in [0.4, 0.5) is 0 Å². The van der Waals surface area contributed by atoms with E-state index in [0.29, 0.717) is 19.1 Å². The lowest BCUT2D eigenvalue weighted by Gasteiger charge is -2.09. The highest BCUT2D eigenvalue weighted by atomic mass is 16.5. The Hall–Kier alpha value is -4.00. The molecular weight excluding hydrogens is 426 g/mol. The molecule has 0 aliphatic rings. The maximum atomic E-state index is 12.7. The highest BCUT2D eigenvalue weighted by Crippen LogP contribution is 2.18. The summed E-state index contributed by atoms with van der Waals surface area (Å²) in [7, 11) is 0. The first-order valence-corrected chi connectivity index (χ1v) is 11.3. The number of carbonyl (C=O) groups excluding carboxylic acids is 1. The molecule has 2 aromatic carbocycles. The van der Waals surface area contributed by atoms with Gasteiger partial charge in [-0.05, 0) is 57.0 Å². The predicted molar refractivity (Wildman–Crippen MR) is 131 cm³/mol. The Labute approximate surface area is 199 Å². The third-order valence-corrected chi connectivity index (χ3v) is 5.60. The average molecular weight is 456 g/mol. The van der Waals surface area contributed by atoms with Gasteiger partial charge in [0.1, 0.15) is 12.4 Å². The van der Waals surface area contributed by atoms with Crippen molar-refractivity contribution >= 4 is 5.91 Å². The largest absolute Gasteiger partial charge is 0.489 e. The summed E-state index contributed by atoms with van der Waals surface area (Å²) < 4.78 is 7.54. The van der Waals surface area contributed by atoms with Crippen molar-refractivity contribution in [2.75, 3.05) is 0 Å². The molecule has 174 valence electrons. The monoisotopic (exact) mass is 455 g/mol. The molecule has 0 spiro atoms. The third-order valence-electron chi connectivity index (χ3n) is 5.60. The molecule has 0 aliphatic heterocycles. The first-order valence-electron chi connectivity index (χ1n) is 11.3. The summed E-state index contributed by atoms with van der Waals surface area (Å²) in [4.78, 5) is 21.6. The number of carbonyl (C=O) groups is 1. The van der Waals surface area contributed by atoms with E-state index in [1.165, 1.54) is 0 Å². The minimum Gasteiger partial charge on any atom is -0.489 e. The number of hydrogen-bond acceptors (Lipinski definition) is 5. The Kier molecular flexibility index (Phi) is 7.01. The maximum absolute atomic E-state index is 12.7. The zero-order valence-electron chi connectivity index (χ0n) is 20.0. The van der Waals surface area contributed by atoms with Crippen molar-refractivity contribution in [1.82, 2.24) is 25.1 Å². The van der Waals surface area contributed by atoms with Crippen LogP contribution in [0.1, 0.15) is 39.5 Å². The molecule has 4 rings (SSSR count). The van der Waals surface area contributed by atoms with Crippen molar-refractivity contribution in [1.29, 1.82) is 0 Å². The molecule has 34 heavy (non-hydrogen) atoms. The SMILES string of the molecule is Cc1cc(C)nc(-n2nc(C)c(CC(=O)NCc3ccc(OCc4ccccc4)cc3)c2C)n1. The molecule has 2 aromatic heterocycles. The first-order chi connectivity index (χ1) is 16.4. The minimum atomic E-state index is -0.0588. The normalized spacial score (nSPS) is 10.8. The van der Waals surface area contributed by atoms with E-state index in [9.17, 15) is 4.79 Å². The lowest BCUT2D eigenvalue weighted by atomic mass is 10.1. The number of hydrogen-bond donors (Lipinski definition) is 1. The maximum Gasteiger partial charge on any atom is 0.251 e. The van der Waals surface area contributed by atoms with E-state index in [1.54, 1.807) is 4.68 Å². The van der Waals surface area contributed by atoms with Gasteiger partial charge in [-0.1, -0.05) is 42.5 Å². The topological polar surface area (TPSA) is 81.9 Å². The zero-order chi connectivity index (χ0) is 24.1. The number of aromatic nitrogens is 4. The molecule has 0 bridgehead atoms. The molecule has 2 heterocycles. The molecule has 0 atom stereocenters. The Morgan fingerprint density at radius 3 is 2.26 bits per heavy atom. The molecule has 0 unspecified atom stereocenters. The summed E-state index contributed by atoms with van der Waals surface area (Å²) in [5.41, 5.74) is 6.46. The lowest BCUT2D eigenvalue weighted by molar-refractivity contribution is -0.120. The second-order valence-corrected chi connectivity index (χ2v) is 8.38. The van der Waals surface area contributed by atoms with Crippen LogP contribution in [0.5, 0.6) is 5.75 Å². The van der Waals surface area contributed by atoms with Crippen LogP contribution in [0.15, 0.2) is 60.7 Å². The zero-order valence-corrected chi connectivity index (χ0v) is 20.0. The van der Waals surface area contributed by atoms with Crippen molar-refractivity contribution in [3.63, 3.8) is 0 Å². The molecule has 7 heteroatoms. The molecular formula is C27H29N5O2. The van der Waals surface area contributed by atoms with Crippen molar-refractivity contribution in [3.05, 3.63) is 100 Å². The summed E-state index contributed by atoms with van der Waals surface area (Å²) in [5.74, 6) is 1.27. The van der Waals surface area contributed by atoms with Crippen LogP contribution < -0.4 is 10.1 Å². The number of nitrogens with one attached hydrogen (secondary N) is 1. The van der Waals surface area contributed by atoms with Crippen molar-refractivity contribution < 1.29 is 9.53 Å². The van der Waals surface area contributed by atoms with Crippen molar-refractivity contribution in [3.8, 4) is 11.7 Å². The molecule has 0 saturated carbocycles. The standard InChI is InChI=1S/C27H29N5O2/c1-18-14-19(2)30-27(29-18)32-21(4)25(20(3)31-32)15-26(33)28-16-22-10-12-24(13-11-22)34-17-23-8-6-5-7-9-23/h5-14H,15-17H2,1-4H3,(H,28,33).